The summed E-state index contributed by atoms with van der Waals surface area (Å²) in [5, 5.41) is 10.9. The van der Waals surface area contributed by atoms with E-state index >= 15 is 0 Å². The molecular weight excluding hydrogens is 415 g/mol. The van der Waals surface area contributed by atoms with Crippen LogP contribution >= 0.6 is 0 Å². The molecule has 3 rings (SSSR count). The van der Waals surface area contributed by atoms with Crippen molar-refractivity contribution in [2.24, 2.45) is 0 Å². The summed E-state index contributed by atoms with van der Waals surface area (Å²) in [6.07, 6.45) is 2.15. The molecule has 0 saturated carbocycles. The van der Waals surface area contributed by atoms with E-state index in [4.69, 9.17) is 4.74 Å². The molecule has 0 unspecified atom stereocenters. The number of methoxy groups -OCH3 is 1. The zero-order chi connectivity index (χ0) is 22.7. The number of fused-ring (bicyclic) bond motifs is 1. The molecule has 0 aliphatic rings. The van der Waals surface area contributed by atoms with Crippen molar-refractivity contribution >= 4 is 28.4 Å². The summed E-state index contributed by atoms with van der Waals surface area (Å²) >= 11 is 0. The molecule has 31 heavy (non-hydrogen) atoms. The molecule has 3 aromatic rings. The van der Waals surface area contributed by atoms with E-state index in [9.17, 15) is 27.9 Å². The Morgan fingerprint density at radius 1 is 1.16 bits per heavy atom. The minimum Gasteiger partial charge on any atom is -0.507 e. The number of rotatable bonds is 7. The third-order valence-corrected chi connectivity index (χ3v) is 4.50. The first-order chi connectivity index (χ1) is 14.8. The average Bonchev–Trinajstić information content (AvgIpc) is 3.10. The first kappa shape index (κ1) is 21.9. The van der Waals surface area contributed by atoms with E-state index in [0.717, 1.165) is 18.2 Å². The smallest absolute Gasteiger partial charge is 0.379 e. The highest BCUT2D eigenvalue weighted by atomic mass is 19.2. The summed E-state index contributed by atoms with van der Waals surface area (Å²) in [5.41, 5.74) is 0.782. The van der Waals surface area contributed by atoms with Crippen LogP contribution < -0.4 is 4.74 Å². The minimum atomic E-state index is -1.57. The van der Waals surface area contributed by atoms with Crippen molar-refractivity contribution in [1.82, 2.24) is 4.57 Å². The molecule has 1 N–H and O–H groups in total. The number of carbonyl (C=O) groups excluding carboxylic acids is 2. The highest BCUT2D eigenvalue weighted by Crippen LogP contribution is 2.34. The van der Waals surface area contributed by atoms with Crippen LogP contribution in [-0.4, -0.2) is 35.1 Å². The molecule has 6 nitrogen and oxygen atoms in total. The summed E-state index contributed by atoms with van der Waals surface area (Å²) in [6, 6.07) is 6.68. The second-order valence-corrected chi connectivity index (χ2v) is 6.51. The first-order valence-corrected chi connectivity index (χ1v) is 9.18. The third-order valence-electron chi connectivity index (χ3n) is 4.50. The fraction of sp³-hybridized carbons (Fsp3) is 0.182. The number of benzene rings is 2. The van der Waals surface area contributed by atoms with Crippen molar-refractivity contribution in [2.75, 3.05) is 13.7 Å². The van der Waals surface area contributed by atoms with Gasteiger partial charge in [0, 0.05) is 24.4 Å². The van der Waals surface area contributed by atoms with Crippen molar-refractivity contribution in [2.45, 2.75) is 13.5 Å². The molecule has 1 heterocycles. The third kappa shape index (κ3) is 4.40. The van der Waals surface area contributed by atoms with Crippen LogP contribution in [0.3, 0.4) is 0 Å². The van der Waals surface area contributed by atoms with Gasteiger partial charge in [-0.3, -0.25) is 4.79 Å². The number of hydrogen-bond donors (Lipinski definition) is 1. The molecule has 0 amide bonds. The summed E-state index contributed by atoms with van der Waals surface area (Å²) in [6.45, 7) is 1.46. The van der Waals surface area contributed by atoms with E-state index in [1.165, 1.54) is 24.8 Å². The molecule has 0 atom stereocenters. The van der Waals surface area contributed by atoms with E-state index in [1.807, 2.05) is 0 Å². The SMILES string of the molecule is CCOC(=O)C(=O)/C=C(/O)c1cn(Cc2cc(F)c(F)c(F)c2)c2cccc(OC)c12. The number of aliphatic hydroxyl groups excluding tert-OH is 1. The largest absolute Gasteiger partial charge is 0.507 e. The molecule has 0 spiro atoms. The molecule has 0 saturated heterocycles. The number of ketones is 1. The van der Waals surface area contributed by atoms with Gasteiger partial charge in [0.2, 0.25) is 0 Å². The Hall–Kier alpha value is -3.75. The van der Waals surface area contributed by atoms with E-state index in [1.54, 1.807) is 18.2 Å². The van der Waals surface area contributed by atoms with Gasteiger partial charge in [-0.2, -0.15) is 0 Å². The van der Waals surface area contributed by atoms with E-state index < -0.39 is 35.0 Å². The maximum absolute atomic E-state index is 13.6. The van der Waals surface area contributed by atoms with Gasteiger partial charge < -0.3 is 19.1 Å². The Labute approximate surface area is 175 Å². The lowest BCUT2D eigenvalue weighted by atomic mass is 10.1. The number of nitrogens with zero attached hydrogens (tertiary/aromatic N) is 1. The normalized spacial score (nSPS) is 11.6. The van der Waals surface area contributed by atoms with Crippen molar-refractivity contribution in [3.8, 4) is 5.75 Å². The Bertz CT molecular complexity index is 1180. The van der Waals surface area contributed by atoms with Crippen molar-refractivity contribution in [1.29, 1.82) is 0 Å². The summed E-state index contributed by atoms with van der Waals surface area (Å²) < 4.78 is 52.0. The maximum atomic E-state index is 13.6. The molecule has 2 aromatic carbocycles. The van der Waals surface area contributed by atoms with Crippen molar-refractivity contribution in [3.63, 3.8) is 0 Å². The van der Waals surface area contributed by atoms with Crippen LogP contribution in [0.4, 0.5) is 13.2 Å². The quantitative estimate of drug-likeness (QED) is 0.199. The zero-order valence-corrected chi connectivity index (χ0v) is 16.6. The fourth-order valence-electron chi connectivity index (χ4n) is 3.17. The van der Waals surface area contributed by atoms with Crippen LogP contribution in [0.5, 0.6) is 5.75 Å². The van der Waals surface area contributed by atoms with Crippen LogP contribution in [-0.2, 0) is 20.9 Å². The highest BCUT2D eigenvalue weighted by molar-refractivity contribution is 6.39. The van der Waals surface area contributed by atoms with Gasteiger partial charge in [0.1, 0.15) is 11.5 Å². The average molecular weight is 433 g/mol. The van der Waals surface area contributed by atoms with Crippen LogP contribution in [0.2, 0.25) is 0 Å². The maximum Gasteiger partial charge on any atom is 0.379 e. The lowest BCUT2D eigenvalue weighted by Crippen LogP contribution is -2.15. The van der Waals surface area contributed by atoms with Gasteiger partial charge in [0.25, 0.3) is 5.78 Å². The van der Waals surface area contributed by atoms with Crippen LogP contribution in [0, 0.1) is 17.5 Å². The highest BCUT2D eigenvalue weighted by Gasteiger charge is 2.20. The van der Waals surface area contributed by atoms with Crippen LogP contribution in [0.15, 0.2) is 42.6 Å². The monoisotopic (exact) mass is 433 g/mol. The number of hydrogen-bond acceptors (Lipinski definition) is 5. The lowest BCUT2D eigenvalue weighted by Gasteiger charge is -2.08. The number of aromatic nitrogens is 1. The summed E-state index contributed by atoms with van der Waals surface area (Å²) in [7, 11) is 1.41. The Balaban J connectivity index is 2.11. The Morgan fingerprint density at radius 3 is 2.45 bits per heavy atom. The standard InChI is InChI=1S/C22H18F3NO5/c1-3-31-22(29)18(28)9-17(27)13-11-26(16-5-4-6-19(30-2)20(13)16)10-12-7-14(23)21(25)15(24)8-12/h4-9,11,27H,3,10H2,1-2H3/b17-9+. The molecule has 0 fully saturated rings. The van der Waals surface area contributed by atoms with Gasteiger partial charge in [-0.05, 0) is 36.8 Å². The van der Waals surface area contributed by atoms with E-state index in [0.29, 0.717) is 16.7 Å². The van der Waals surface area contributed by atoms with E-state index in [2.05, 4.69) is 4.74 Å². The van der Waals surface area contributed by atoms with Crippen molar-refractivity contribution in [3.05, 3.63) is 71.2 Å². The number of aliphatic hydroxyl groups is 1. The molecule has 0 radical (unpaired) electrons. The molecule has 9 heteroatoms. The second kappa shape index (κ2) is 8.95. The van der Waals surface area contributed by atoms with Gasteiger partial charge in [-0.25, -0.2) is 18.0 Å². The fourth-order valence-corrected chi connectivity index (χ4v) is 3.17. The molecular formula is C22H18F3NO5. The van der Waals surface area contributed by atoms with E-state index in [-0.39, 0.29) is 24.3 Å². The van der Waals surface area contributed by atoms with Gasteiger partial charge in [0.15, 0.2) is 17.5 Å². The molecule has 1 aromatic heterocycles. The first-order valence-electron chi connectivity index (χ1n) is 9.18. The van der Waals surface area contributed by atoms with Crippen molar-refractivity contribution < 1.29 is 37.3 Å². The molecule has 0 aliphatic heterocycles. The topological polar surface area (TPSA) is 77.8 Å². The van der Waals surface area contributed by atoms with Gasteiger partial charge in [0.05, 0.1) is 24.6 Å². The molecule has 0 aliphatic carbocycles. The Morgan fingerprint density at radius 2 is 1.84 bits per heavy atom. The van der Waals surface area contributed by atoms with Gasteiger partial charge >= 0.3 is 5.97 Å². The second-order valence-electron chi connectivity index (χ2n) is 6.51. The summed E-state index contributed by atoms with van der Waals surface area (Å²) in [5.74, 6) is -6.57. The predicted molar refractivity (Wildman–Crippen MR) is 106 cm³/mol. The lowest BCUT2D eigenvalue weighted by molar-refractivity contribution is -0.151. The van der Waals surface area contributed by atoms with Crippen LogP contribution in [0.1, 0.15) is 18.1 Å². The number of esters is 1. The summed E-state index contributed by atoms with van der Waals surface area (Å²) in [4.78, 5) is 23.5. The zero-order valence-electron chi connectivity index (χ0n) is 16.6. The number of ether oxygens (including phenoxy) is 2. The molecule has 0 bridgehead atoms. The number of carbonyl (C=O) groups is 2. The van der Waals surface area contributed by atoms with Gasteiger partial charge in [-0.1, -0.05) is 6.07 Å². The van der Waals surface area contributed by atoms with Crippen LogP contribution in [0.25, 0.3) is 16.7 Å². The minimum absolute atomic E-state index is 0.00288. The van der Waals surface area contributed by atoms with Gasteiger partial charge in [-0.15, -0.1) is 0 Å². The Kier molecular flexibility index (Phi) is 6.33. The number of halogens is 3. The predicted octanol–water partition coefficient (Wildman–Crippen LogP) is 4.15. The molecule has 162 valence electrons.